The zero-order valence-corrected chi connectivity index (χ0v) is 19.9. The topological polar surface area (TPSA) is 124 Å². The molecule has 0 spiro atoms. The Morgan fingerprint density at radius 3 is 2.59 bits per heavy atom. The van der Waals surface area contributed by atoms with E-state index in [0.29, 0.717) is 22.2 Å². The van der Waals surface area contributed by atoms with Gasteiger partial charge in [0.2, 0.25) is 5.95 Å². The van der Waals surface area contributed by atoms with Gasteiger partial charge in [-0.25, -0.2) is 4.98 Å². The summed E-state index contributed by atoms with van der Waals surface area (Å²) in [5.74, 6) is 0.643. The number of anilines is 2. The third-order valence-corrected chi connectivity index (χ3v) is 6.25. The van der Waals surface area contributed by atoms with Crippen molar-refractivity contribution in [3.05, 3.63) is 107 Å². The molecule has 0 unspecified atom stereocenters. The lowest BCUT2D eigenvalue weighted by Crippen LogP contribution is -2.26. The van der Waals surface area contributed by atoms with Crippen molar-refractivity contribution in [1.82, 2.24) is 29.7 Å². The molecule has 0 aliphatic rings. The van der Waals surface area contributed by atoms with Gasteiger partial charge in [-0.05, 0) is 54.3 Å². The van der Waals surface area contributed by atoms with Gasteiger partial charge >= 0.3 is 0 Å². The van der Waals surface area contributed by atoms with Crippen LogP contribution in [-0.2, 0) is 0 Å². The van der Waals surface area contributed by atoms with E-state index in [9.17, 15) is 4.79 Å². The van der Waals surface area contributed by atoms with Crippen LogP contribution in [0.4, 0.5) is 11.8 Å². The average Bonchev–Trinajstić information content (AvgIpc) is 2.93. The van der Waals surface area contributed by atoms with Gasteiger partial charge in [0, 0.05) is 23.1 Å². The Bertz CT molecular complexity index is 1800. The van der Waals surface area contributed by atoms with Crippen LogP contribution in [0.2, 0.25) is 0 Å². The van der Waals surface area contributed by atoms with Gasteiger partial charge in [-0.15, -0.1) is 0 Å². The number of aromatic nitrogens is 6. The maximum atomic E-state index is 14.2. The lowest BCUT2D eigenvalue weighted by molar-refractivity contribution is 0.774. The van der Waals surface area contributed by atoms with Crippen LogP contribution in [0.3, 0.4) is 0 Å². The number of hydrogen-bond acceptors (Lipinski definition) is 8. The number of pyridine rings is 2. The molecular formula is C28H22N8O. The van der Waals surface area contributed by atoms with E-state index in [4.69, 9.17) is 5.73 Å². The summed E-state index contributed by atoms with van der Waals surface area (Å²) < 4.78 is 1.73. The molecule has 0 radical (unpaired) electrons. The first kappa shape index (κ1) is 22.3. The zero-order valence-electron chi connectivity index (χ0n) is 19.9. The summed E-state index contributed by atoms with van der Waals surface area (Å²) >= 11 is 0. The minimum absolute atomic E-state index is 0.134. The van der Waals surface area contributed by atoms with Crippen LogP contribution >= 0.6 is 0 Å². The summed E-state index contributed by atoms with van der Waals surface area (Å²) in [6, 6.07) is 22.6. The van der Waals surface area contributed by atoms with Crippen LogP contribution in [0, 0.1) is 0 Å². The summed E-state index contributed by atoms with van der Waals surface area (Å²) in [5.41, 5.74) is 10.2. The fraction of sp³-hybridized carbons (Fsp3) is 0.0714. The number of benzene rings is 2. The lowest BCUT2D eigenvalue weighted by Gasteiger charge is -2.22. The van der Waals surface area contributed by atoms with Gasteiger partial charge in [-0.1, -0.05) is 36.4 Å². The predicted molar refractivity (Wildman–Crippen MR) is 144 cm³/mol. The summed E-state index contributed by atoms with van der Waals surface area (Å²) in [6.07, 6.45) is 4.97. The summed E-state index contributed by atoms with van der Waals surface area (Å²) in [4.78, 5) is 27.3. The van der Waals surface area contributed by atoms with Crippen molar-refractivity contribution in [2.24, 2.45) is 0 Å². The molecule has 6 rings (SSSR count). The van der Waals surface area contributed by atoms with Crippen molar-refractivity contribution < 1.29 is 0 Å². The molecule has 2 aromatic carbocycles. The molecule has 3 N–H and O–H groups in total. The van der Waals surface area contributed by atoms with Crippen LogP contribution in [0.1, 0.15) is 18.7 Å². The van der Waals surface area contributed by atoms with Gasteiger partial charge < -0.3 is 11.1 Å². The van der Waals surface area contributed by atoms with E-state index >= 15 is 0 Å². The lowest BCUT2D eigenvalue weighted by atomic mass is 9.99. The number of nitrogens with one attached hydrogen (secondary N) is 1. The van der Waals surface area contributed by atoms with Crippen molar-refractivity contribution in [2.45, 2.75) is 13.0 Å². The van der Waals surface area contributed by atoms with E-state index < -0.39 is 0 Å². The van der Waals surface area contributed by atoms with E-state index in [2.05, 4.69) is 30.5 Å². The molecule has 0 saturated carbocycles. The number of nitrogens with two attached hydrogens (primary N) is 1. The first-order valence-electron chi connectivity index (χ1n) is 11.8. The minimum atomic E-state index is -0.330. The Kier molecular flexibility index (Phi) is 5.49. The maximum absolute atomic E-state index is 14.2. The van der Waals surface area contributed by atoms with Gasteiger partial charge in [-0.3, -0.25) is 14.3 Å². The fourth-order valence-corrected chi connectivity index (χ4v) is 4.60. The van der Waals surface area contributed by atoms with Crippen LogP contribution in [0.25, 0.3) is 38.6 Å². The third kappa shape index (κ3) is 4.02. The van der Waals surface area contributed by atoms with Gasteiger partial charge in [0.05, 0.1) is 29.3 Å². The van der Waals surface area contributed by atoms with Gasteiger partial charge in [0.15, 0.2) is 5.82 Å². The summed E-state index contributed by atoms with van der Waals surface area (Å²) in [6.45, 7) is 1.98. The number of para-hydroxylation sites is 1. The smallest absolute Gasteiger partial charge is 0.263 e. The molecular weight excluding hydrogens is 464 g/mol. The Labute approximate surface area is 211 Å². The Hall–Kier alpha value is -5.18. The monoisotopic (exact) mass is 486 g/mol. The van der Waals surface area contributed by atoms with E-state index in [1.54, 1.807) is 29.2 Å². The van der Waals surface area contributed by atoms with E-state index in [-0.39, 0.29) is 17.5 Å². The zero-order chi connectivity index (χ0) is 25.4. The first-order chi connectivity index (χ1) is 18.1. The van der Waals surface area contributed by atoms with E-state index in [1.807, 2.05) is 73.7 Å². The highest BCUT2D eigenvalue weighted by Crippen LogP contribution is 2.30. The largest absolute Gasteiger partial charge is 0.368 e. The Morgan fingerprint density at radius 2 is 1.78 bits per heavy atom. The van der Waals surface area contributed by atoms with Gasteiger partial charge in [0.25, 0.3) is 5.56 Å². The van der Waals surface area contributed by atoms with Crippen molar-refractivity contribution >= 4 is 33.6 Å². The molecule has 9 nitrogen and oxygen atoms in total. The number of nitrogen functional groups attached to an aromatic ring is 1. The molecule has 180 valence electrons. The van der Waals surface area contributed by atoms with E-state index in [1.165, 1.54) is 0 Å². The number of rotatable bonds is 5. The quantitative estimate of drug-likeness (QED) is 0.364. The van der Waals surface area contributed by atoms with Crippen LogP contribution in [0.15, 0.2) is 96.2 Å². The van der Waals surface area contributed by atoms with Crippen molar-refractivity contribution in [2.75, 3.05) is 11.1 Å². The van der Waals surface area contributed by atoms with Crippen molar-refractivity contribution in [1.29, 1.82) is 0 Å². The molecule has 6 aromatic rings. The first-order valence-corrected chi connectivity index (χ1v) is 11.8. The molecule has 0 amide bonds. The number of nitrogens with zero attached hydrogens (tertiary/aromatic N) is 6. The highest BCUT2D eigenvalue weighted by Gasteiger charge is 2.20. The molecule has 1 atom stereocenters. The highest BCUT2D eigenvalue weighted by atomic mass is 16.1. The molecule has 4 heterocycles. The normalized spacial score (nSPS) is 12.0. The van der Waals surface area contributed by atoms with Crippen molar-refractivity contribution in [3.63, 3.8) is 0 Å². The fourth-order valence-electron chi connectivity index (χ4n) is 4.60. The predicted octanol–water partition coefficient (Wildman–Crippen LogP) is 4.54. The average molecular weight is 487 g/mol. The third-order valence-electron chi connectivity index (χ3n) is 6.25. The van der Waals surface area contributed by atoms with Crippen LogP contribution in [0.5, 0.6) is 0 Å². The highest BCUT2D eigenvalue weighted by molar-refractivity contribution is 5.96. The van der Waals surface area contributed by atoms with Crippen molar-refractivity contribution in [3.8, 4) is 16.8 Å². The summed E-state index contributed by atoms with van der Waals surface area (Å²) in [5, 5.41) is 12.7. The Morgan fingerprint density at radius 1 is 0.919 bits per heavy atom. The number of fused-ring (bicyclic) bond motifs is 2. The molecule has 4 aromatic heterocycles. The second-order valence-electron chi connectivity index (χ2n) is 8.61. The molecule has 0 aliphatic heterocycles. The van der Waals surface area contributed by atoms with Gasteiger partial charge in [-0.2, -0.15) is 15.2 Å². The SMILES string of the molecule is C[C@H](Nc1nc(N)nc2cccnc12)c1cc2cccc(-c3ccnnc3)c2c(=O)n1-c1ccccc1. The van der Waals surface area contributed by atoms with Crippen LogP contribution in [-0.4, -0.2) is 29.7 Å². The minimum Gasteiger partial charge on any atom is -0.368 e. The number of hydrogen-bond donors (Lipinski definition) is 2. The molecule has 9 heteroatoms. The van der Waals surface area contributed by atoms with Crippen LogP contribution < -0.4 is 16.6 Å². The standard InChI is InChI=1S/C28H22N8O/c1-17(33-26-25-22(11-6-13-30-25)34-28(29)35-26)23-15-18-7-5-10-21(19-12-14-31-32-16-19)24(18)27(37)36(23)20-8-3-2-4-9-20/h2-17H,1H3,(H3,29,33,34,35)/t17-/m0/s1. The molecule has 0 saturated heterocycles. The van der Waals surface area contributed by atoms with Gasteiger partial charge in [0.1, 0.15) is 5.52 Å². The second-order valence-corrected chi connectivity index (χ2v) is 8.61. The molecule has 0 aliphatic carbocycles. The Balaban J connectivity index is 1.57. The maximum Gasteiger partial charge on any atom is 0.263 e. The molecule has 37 heavy (non-hydrogen) atoms. The van der Waals surface area contributed by atoms with E-state index in [0.717, 1.165) is 27.9 Å². The molecule has 0 bridgehead atoms. The second kappa shape index (κ2) is 9.12. The molecule has 0 fully saturated rings. The summed E-state index contributed by atoms with van der Waals surface area (Å²) in [7, 11) is 0.